The average Bonchev–Trinajstić information content (AvgIpc) is 2.79. The topological polar surface area (TPSA) is 23.8 Å². The van der Waals surface area contributed by atoms with E-state index in [0.29, 0.717) is 0 Å². The summed E-state index contributed by atoms with van der Waals surface area (Å²) in [7, 11) is 0. The van der Waals surface area contributed by atoms with Crippen molar-refractivity contribution in [2.45, 2.75) is 83.5 Å². The Bertz CT molecular complexity index is 708. The van der Waals surface area contributed by atoms with Crippen LogP contribution in [0.3, 0.4) is 0 Å². The lowest BCUT2D eigenvalue weighted by Crippen LogP contribution is -2.25. The maximum absolute atomic E-state index is 12.7. The highest BCUT2D eigenvalue weighted by Gasteiger charge is 2.31. The Morgan fingerprint density at radius 1 is 1.00 bits per heavy atom. The number of allylic oxidation sites excluding steroid dienone is 4. The fourth-order valence-electron chi connectivity index (χ4n) is 5.52. The van der Waals surface area contributed by atoms with E-state index in [1.165, 1.54) is 75.5 Å². The monoisotopic (exact) mass is 393 g/mol. The van der Waals surface area contributed by atoms with E-state index < -0.39 is 5.83 Å². The molecule has 0 aliphatic heterocycles. The second kappa shape index (κ2) is 11.3. The Morgan fingerprint density at radius 2 is 1.62 bits per heavy atom. The molecule has 1 aromatic carbocycles. The molecular weight excluding hydrogens is 357 g/mol. The highest BCUT2D eigenvalue weighted by atomic mass is 19.1. The quantitative estimate of drug-likeness (QED) is 0.339. The summed E-state index contributed by atoms with van der Waals surface area (Å²) in [6, 6.07) is 10.9. The largest absolute Gasteiger partial charge is 0.199 e. The Kier molecular flexibility index (Phi) is 8.53. The van der Waals surface area contributed by atoms with E-state index in [1.807, 2.05) is 6.08 Å². The zero-order valence-corrected chi connectivity index (χ0v) is 18.0. The summed E-state index contributed by atoms with van der Waals surface area (Å²) < 4.78 is 12.7. The van der Waals surface area contributed by atoms with Crippen LogP contribution >= 0.6 is 0 Å². The number of nitriles is 1. The second-order valence-corrected chi connectivity index (χ2v) is 9.12. The van der Waals surface area contributed by atoms with E-state index in [0.717, 1.165) is 36.5 Å². The summed E-state index contributed by atoms with van der Waals surface area (Å²) in [6.45, 7) is 2.22. The van der Waals surface area contributed by atoms with Crippen molar-refractivity contribution in [2.75, 3.05) is 0 Å². The zero-order valence-electron chi connectivity index (χ0n) is 18.0. The summed E-state index contributed by atoms with van der Waals surface area (Å²) >= 11 is 0. The maximum Gasteiger partial charge on any atom is 0.199 e. The van der Waals surface area contributed by atoms with Gasteiger partial charge in [0.2, 0.25) is 0 Å². The molecule has 0 N–H and O–H groups in total. The fraction of sp³-hybridized carbons (Fsp3) is 0.593. The summed E-state index contributed by atoms with van der Waals surface area (Å²) in [5, 5.41) is 8.39. The van der Waals surface area contributed by atoms with Gasteiger partial charge in [-0.25, -0.2) is 0 Å². The van der Waals surface area contributed by atoms with Gasteiger partial charge in [0.15, 0.2) is 5.83 Å². The molecule has 0 radical (unpaired) electrons. The number of hydrogen-bond donors (Lipinski definition) is 0. The molecule has 0 bridgehead atoms. The summed E-state index contributed by atoms with van der Waals surface area (Å²) in [6.07, 6.45) is 19.3. The zero-order chi connectivity index (χ0) is 20.5. The van der Waals surface area contributed by atoms with Crippen LogP contribution in [0.4, 0.5) is 4.39 Å². The molecule has 0 saturated heterocycles. The molecule has 29 heavy (non-hydrogen) atoms. The van der Waals surface area contributed by atoms with Gasteiger partial charge in [-0.15, -0.1) is 0 Å². The van der Waals surface area contributed by atoms with Crippen molar-refractivity contribution in [3.05, 3.63) is 59.4 Å². The number of hydrogen-bond acceptors (Lipinski definition) is 1. The van der Waals surface area contributed by atoms with Crippen LogP contribution in [0.15, 0.2) is 48.3 Å². The molecule has 0 amide bonds. The molecule has 0 spiro atoms. The highest BCUT2D eigenvalue weighted by molar-refractivity contribution is 5.25. The van der Waals surface area contributed by atoms with E-state index in [1.54, 1.807) is 11.6 Å². The molecule has 2 saturated carbocycles. The first kappa shape index (κ1) is 21.8. The van der Waals surface area contributed by atoms with E-state index in [4.69, 9.17) is 5.26 Å². The van der Waals surface area contributed by atoms with Crippen LogP contribution in [0, 0.1) is 29.1 Å². The predicted molar refractivity (Wildman–Crippen MR) is 119 cm³/mol. The molecule has 0 aromatic heterocycles. The Balaban J connectivity index is 1.36. The molecule has 2 fully saturated rings. The minimum Gasteiger partial charge on any atom is -0.195 e. The van der Waals surface area contributed by atoms with Crippen LogP contribution in [-0.4, -0.2) is 0 Å². The number of benzene rings is 1. The van der Waals surface area contributed by atoms with Gasteiger partial charge in [0.1, 0.15) is 6.07 Å². The van der Waals surface area contributed by atoms with Crippen molar-refractivity contribution in [3.63, 3.8) is 0 Å². The first-order chi connectivity index (χ1) is 14.2. The SMILES string of the molecule is CCc1ccc(C2CCC(C3CCC(CCC=CC=C(F)C#N)CC3)CC2)cc1. The molecule has 0 unspecified atom stereocenters. The molecule has 3 rings (SSSR count). The average molecular weight is 394 g/mol. The van der Waals surface area contributed by atoms with Gasteiger partial charge in [0, 0.05) is 0 Å². The number of halogens is 1. The smallest absolute Gasteiger partial charge is 0.195 e. The van der Waals surface area contributed by atoms with Gasteiger partial charge in [-0.2, -0.15) is 9.65 Å². The van der Waals surface area contributed by atoms with Crippen LogP contribution in [0.1, 0.15) is 88.2 Å². The molecule has 2 heteroatoms. The fourth-order valence-corrected chi connectivity index (χ4v) is 5.52. The first-order valence-corrected chi connectivity index (χ1v) is 11.7. The standard InChI is InChI=1S/C27H36FN/c1-2-21-8-12-23(13-9-21)25-16-18-26(19-17-25)24-14-10-22(11-15-24)6-4-3-5-7-27(28)20-29/h3,5,7-9,12-13,22,24-26H,2,4,6,10-11,14-19H2,1H3. The van der Waals surface area contributed by atoms with Crippen molar-refractivity contribution in [3.8, 4) is 6.07 Å². The third kappa shape index (κ3) is 6.56. The summed E-state index contributed by atoms with van der Waals surface area (Å²) in [5.41, 5.74) is 3.00. The minimum absolute atomic E-state index is 0.713. The minimum atomic E-state index is -0.713. The van der Waals surface area contributed by atoms with Gasteiger partial charge in [0.05, 0.1) is 0 Å². The Morgan fingerprint density at radius 3 is 2.21 bits per heavy atom. The van der Waals surface area contributed by atoms with Gasteiger partial charge < -0.3 is 0 Å². The lowest BCUT2D eigenvalue weighted by atomic mass is 9.68. The van der Waals surface area contributed by atoms with Crippen molar-refractivity contribution in [1.29, 1.82) is 5.26 Å². The van der Waals surface area contributed by atoms with Gasteiger partial charge >= 0.3 is 0 Å². The third-order valence-electron chi connectivity index (χ3n) is 7.42. The van der Waals surface area contributed by atoms with Crippen molar-refractivity contribution in [1.82, 2.24) is 0 Å². The van der Waals surface area contributed by atoms with Gasteiger partial charge in [0.25, 0.3) is 0 Å². The van der Waals surface area contributed by atoms with Crippen LogP contribution in [0.5, 0.6) is 0 Å². The molecule has 156 valence electrons. The third-order valence-corrected chi connectivity index (χ3v) is 7.42. The van der Waals surface area contributed by atoms with Gasteiger partial charge in [-0.05, 0) is 98.7 Å². The Labute approximate surface area is 176 Å². The van der Waals surface area contributed by atoms with E-state index in [2.05, 4.69) is 31.2 Å². The van der Waals surface area contributed by atoms with E-state index >= 15 is 0 Å². The van der Waals surface area contributed by atoms with Crippen molar-refractivity contribution >= 4 is 0 Å². The van der Waals surface area contributed by atoms with Crippen molar-refractivity contribution < 1.29 is 4.39 Å². The normalized spacial score (nSPS) is 28.4. The highest BCUT2D eigenvalue weighted by Crippen LogP contribution is 2.44. The Hall–Kier alpha value is -1.88. The van der Waals surface area contributed by atoms with Crippen LogP contribution in [0.25, 0.3) is 0 Å². The molecule has 2 aliphatic carbocycles. The number of rotatable bonds is 7. The maximum atomic E-state index is 12.7. The summed E-state index contributed by atoms with van der Waals surface area (Å²) in [4.78, 5) is 0. The van der Waals surface area contributed by atoms with E-state index in [-0.39, 0.29) is 0 Å². The number of nitrogens with zero attached hydrogens (tertiary/aromatic N) is 1. The second-order valence-electron chi connectivity index (χ2n) is 9.12. The summed E-state index contributed by atoms with van der Waals surface area (Å²) in [5.74, 6) is 2.78. The predicted octanol–water partition coefficient (Wildman–Crippen LogP) is 8.04. The molecule has 2 aliphatic rings. The van der Waals surface area contributed by atoms with E-state index in [9.17, 15) is 4.39 Å². The number of aryl methyl sites for hydroxylation is 1. The molecule has 1 nitrogen and oxygen atoms in total. The van der Waals surface area contributed by atoms with Crippen LogP contribution < -0.4 is 0 Å². The van der Waals surface area contributed by atoms with Crippen LogP contribution in [0.2, 0.25) is 0 Å². The van der Waals surface area contributed by atoms with Crippen LogP contribution in [-0.2, 0) is 6.42 Å². The molecule has 0 heterocycles. The molecular formula is C27H36FN. The van der Waals surface area contributed by atoms with Gasteiger partial charge in [-0.1, -0.05) is 56.2 Å². The first-order valence-electron chi connectivity index (χ1n) is 11.7. The lowest BCUT2D eigenvalue weighted by Gasteiger charge is -2.38. The molecule has 1 aromatic rings. The molecule has 0 atom stereocenters. The van der Waals surface area contributed by atoms with Gasteiger partial charge in [-0.3, -0.25) is 0 Å². The van der Waals surface area contributed by atoms with Crippen molar-refractivity contribution in [2.24, 2.45) is 17.8 Å². The lowest BCUT2D eigenvalue weighted by molar-refractivity contribution is 0.157.